The van der Waals surface area contributed by atoms with Crippen LogP contribution in [-0.4, -0.2) is 14.8 Å². The molecule has 2 heterocycles. The van der Waals surface area contributed by atoms with Gasteiger partial charge in [-0.25, -0.2) is 0 Å². The first-order chi connectivity index (χ1) is 13.5. The maximum absolute atomic E-state index is 11.6. The second kappa shape index (κ2) is 5.65. The summed E-state index contributed by atoms with van der Waals surface area (Å²) >= 11 is 0. The van der Waals surface area contributed by atoms with Crippen molar-refractivity contribution in [3.05, 3.63) is 87.5 Å². The third-order valence-electron chi connectivity index (χ3n) is 4.92. The van der Waals surface area contributed by atoms with Gasteiger partial charge >= 0.3 is 11.4 Å². The molecular formula is C20H11N4O4+. The molecule has 0 atom stereocenters. The topological polar surface area (TPSA) is 103 Å². The van der Waals surface area contributed by atoms with Crippen molar-refractivity contribution in [3.63, 3.8) is 0 Å². The molecule has 5 aromatic rings. The third-order valence-corrected chi connectivity index (χ3v) is 4.92. The highest BCUT2D eigenvalue weighted by molar-refractivity contribution is 6.22. The summed E-state index contributed by atoms with van der Waals surface area (Å²) in [6, 6.07) is 11.8. The summed E-state index contributed by atoms with van der Waals surface area (Å²) in [5.74, 6) is 0. The lowest BCUT2D eigenvalue weighted by Crippen LogP contribution is -2.31. The summed E-state index contributed by atoms with van der Waals surface area (Å²) in [6.07, 6.45) is 7.11. The number of nitro groups is 2. The molecule has 0 saturated heterocycles. The van der Waals surface area contributed by atoms with Crippen molar-refractivity contribution in [2.75, 3.05) is 0 Å². The van der Waals surface area contributed by atoms with Crippen molar-refractivity contribution in [2.45, 2.75) is 0 Å². The van der Waals surface area contributed by atoms with Crippen molar-refractivity contribution < 1.29 is 14.4 Å². The molecule has 0 aliphatic rings. The Labute approximate surface area is 156 Å². The molecule has 0 bridgehead atoms. The van der Waals surface area contributed by atoms with Crippen LogP contribution >= 0.6 is 0 Å². The number of para-hydroxylation sites is 1. The van der Waals surface area contributed by atoms with Crippen LogP contribution in [0.2, 0.25) is 0 Å². The van der Waals surface area contributed by atoms with Crippen molar-refractivity contribution >= 4 is 43.7 Å². The predicted octanol–water partition coefficient (Wildman–Crippen LogP) is 4.07. The van der Waals surface area contributed by atoms with Crippen molar-refractivity contribution in [2.24, 2.45) is 0 Å². The van der Waals surface area contributed by atoms with Gasteiger partial charge in [0, 0.05) is 56.8 Å². The second-order valence-corrected chi connectivity index (χ2v) is 6.47. The SMILES string of the molecule is O=[N+]([O-])c1cccc(-[n+]2cc3ccc4cncc5ccc(c2)c3c45)c1[N+](=O)[O-]. The Morgan fingerprint density at radius 3 is 1.89 bits per heavy atom. The molecule has 0 spiro atoms. The Balaban J connectivity index is 1.88. The van der Waals surface area contributed by atoms with E-state index in [2.05, 4.69) is 4.98 Å². The lowest BCUT2D eigenvalue weighted by molar-refractivity contribution is -0.598. The Kier molecular flexibility index (Phi) is 3.23. The maximum Gasteiger partial charge on any atom is 0.416 e. The van der Waals surface area contributed by atoms with Crippen LogP contribution in [0.15, 0.2) is 67.3 Å². The largest absolute Gasteiger partial charge is 0.416 e. The lowest BCUT2D eigenvalue weighted by Gasteiger charge is -2.09. The van der Waals surface area contributed by atoms with Gasteiger partial charge in [-0.1, -0.05) is 12.1 Å². The van der Waals surface area contributed by atoms with E-state index in [1.54, 1.807) is 29.4 Å². The van der Waals surface area contributed by atoms with E-state index in [0.29, 0.717) is 0 Å². The summed E-state index contributed by atoms with van der Waals surface area (Å²) < 4.78 is 1.57. The second-order valence-electron chi connectivity index (χ2n) is 6.47. The lowest BCUT2D eigenvalue weighted by atomic mass is 9.97. The number of nitrogens with zero attached hydrogens (tertiary/aromatic N) is 4. The molecule has 28 heavy (non-hydrogen) atoms. The van der Waals surface area contributed by atoms with Gasteiger partial charge in [0.15, 0.2) is 12.4 Å². The molecule has 0 radical (unpaired) electrons. The number of benzene rings is 3. The first-order valence-electron chi connectivity index (χ1n) is 8.40. The van der Waals surface area contributed by atoms with Gasteiger partial charge in [0.1, 0.15) is 0 Å². The van der Waals surface area contributed by atoms with Crippen LogP contribution in [-0.2, 0) is 0 Å². The first kappa shape index (κ1) is 16.0. The number of hydrogen-bond acceptors (Lipinski definition) is 5. The van der Waals surface area contributed by atoms with Crippen molar-refractivity contribution in [1.29, 1.82) is 0 Å². The zero-order chi connectivity index (χ0) is 19.4. The standard InChI is InChI=1S/C20H11N4O4/c25-23(26)17-3-1-2-16(20(17)24(27)28)22-10-14-6-4-12-8-21-9-13-5-7-15(11-22)19(14)18(12)13/h1-11H/q+1. The Hall–Kier alpha value is -4.20. The van der Waals surface area contributed by atoms with E-state index in [9.17, 15) is 20.2 Å². The third kappa shape index (κ3) is 2.18. The molecular weight excluding hydrogens is 360 g/mol. The van der Waals surface area contributed by atoms with Crippen LogP contribution in [0.1, 0.15) is 0 Å². The van der Waals surface area contributed by atoms with Crippen molar-refractivity contribution in [1.82, 2.24) is 4.98 Å². The molecule has 8 nitrogen and oxygen atoms in total. The van der Waals surface area contributed by atoms with Gasteiger partial charge in [-0.05, 0) is 18.2 Å². The summed E-state index contributed by atoms with van der Waals surface area (Å²) in [5, 5.41) is 28.7. The van der Waals surface area contributed by atoms with Crippen LogP contribution in [0.25, 0.3) is 38.0 Å². The van der Waals surface area contributed by atoms with Crippen LogP contribution < -0.4 is 4.57 Å². The normalized spacial score (nSPS) is 11.4. The smallest absolute Gasteiger partial charge is 0.263 e. The predicted molar refractivity (Wildman–Crippen MR) is 103 cm³/mol. The van der Waals surface area contributed by atoms with Gasteiger partial charge in [0.05, 0.1) is 9.85 Å². The van der Waals surface area contributed by atoms with E-state index in [1.807, 2.05) is 24.3 Å². The van der Waals surface area contributed by atoms with E-state index in [1.165, 1.54) is 12.1 Å². The minimum atomic E-state index is -0.736. The molecule has 0 aliphatic carbocycles. The Bertz CT molecular complexity index is 1370. The molecule has 5 rings (SSSR count). The van der Waals surface area contributed by atoms with Crippen LogP contribution in [0.3, 0.4) is 0 Å². The van der Waals surface area contributed by atoms with E-state index in [0.717, 1.165) is 38.4 Å². The van der Waals surface area contributed by atoms with Gasteiger partial charge < -0.3 is 0 Å². The Morgan fingerprint density at radius 1 is 0.750 bits per heavy atom. The highest BCUT2D eigenvalue weighted by Gasteiger charge is 2.34. The monoisotopic (exact) mass is 371 g/mol. The van der Waals surface area contributed by atoms with E-state index in [4.69, 9.17) is 0 Å². The quantitative estimate of drug-likeness (QED) is 0.206. The fourth-order valence-electron chi connectivity index (χ4n) is 3.77. The molecule has 0 N–H and O–H groups in total. The number of nitro benzene ring substituents is 2. The zero-order valence-electron chi connectivity index (χ0n) is 14.3. The molecule has 2 aromatic heterocycles. The Morgan fingerprint density at radius 2 is 1.32 bits per heavy atom. The number of rotatable bonds is 3. The molecule has 0 aliphatic heterocycles. The summed E-state index contributed by atoms with van der Waals surface area (Å²) in [5.41, 5.74) is -0.924. The molecule has 0 unspecified atom stereocenters. The van der Waals surface area contributed by atoms with E-state index < -0.39 is 21.2 Å². The average Bonchev–Trinajstić information content (AvgIpc) is 2.71. The summed E-state index contributed by atoms with van der Waals surface area (Å²) in [7, 11) is 0. The van der Waals surface area contributed by atoms with Crippen LogP contribution in [0.4, 0.5) is 11.4 Å². The van der Waals surface area contributed by atoms with Gasteiger partial charge in [-0.2, -0.15) is 4.57 Å². The highest BCUT2D eigenvalue weighted by Crippen LogP contribution is 2.34. The van der Waals surface area contributed by atoms with Gasteiger partial charge in [0.2, 0.25) is 0 Å². The highest BCUT2D eigenvalue weighted by atomic mass is 16.6. The van der Waals surface area contributed by atoms with Crippen molar-refractivity contribution in [3.8, 4) is 5.69 Å². The molecule has 3 aromatic carbocycles. The van der Waals surface area contributed by atoms with Crippen LogP contribution in [0, 0.1) is 20.2 Å². The zero-order valence-corrected chi connectivity index (χ0v) is 14.3. The number of pyridine rings is 2. The minimum Gasteiger partial charge on any atom is -0.263 e. The molecule has 8 heteroatoms. The first-order valence-corrected chi connectivity index (χ1v) is 8.40. The van der Waals surface area contributed by atoms with Gasteiger partial charge in [-0.3, -0.25) is 25.2 Å². The van der Waals surface area contributed by atoms with E-state index in [-0.39, 0.29) is 5.69 Å². The van der Waals surface area contributed by atoms with Crippen LogP contribution in [0.5, 0.6) is 0 Å². The maximum atomic E-state index is 11.6. The molecule has 0 amide bonds. The minimum absolute atomic E-state index is 0.145. The van der Waals surface area contributed by atoms with Gasteiger partial charge in [0.25, 0.3) is 5.69 Å². The number of aromatic nitrogens is 2. The summed E-state index contributed by atoms with van der Waals surface area (Å²) in [4.78, 5) is 25.7. The van der Waals surface area contributed by atoms with Gasteiger partial charge in [-0.15, -0.1) is 0 Å². The number of hydrogen-bond donors (Lipinski definition) is 0. The fraction of sp³-hybridized carbons (Fsp3) is 0. The average molecular weight is 371 g/mol. The molecule has 134 valence electrons. The molecule has 0 fully saturated rings. The fourth-order valence-corrected chi connectivity index (χ4v) is 3.77. The molecule has 0 saturated carbocycles. The van der Waals surface area contributed by atoms with E-state index >= 15 is 0 Å². The summed E-state index contributed by atoms with van der Waals surface area (Å²) in [6.45, 7) is 0.